The number of halogens is 1. The molecule has 16 heteroatoms. The minimum Gasteiger partial charge on any atom is -0.469 e. The van der Waals surface area contributed by atoms with Crippen molar-refractivity contribution in [2.75, 3.05) is 75.2 Å². The molecule has 1 aromatic carbocycles. The van der Waals surface area contributed by atoms with Gasteiger partial charge < -0.3 is 42.4 Å². The third-order valence-corrected chi connectivity index (χ3v) is 8.92. The number of rotatable bonds is 27. The summed E-state index contributed by atoms with van der Waals surface area (Å²) in [6, 6.07) is 5.98. The first-order valence-electron chi connectivity index (χ1n) is 22.2. The number of esters is 3. The molecule has 0 amide bonds. The monoisotopic (exact) mass is 975 g/mol. The average molecular weight is 976 g/mol. The van der Waals surface area contributed by atoms with Gasteiger partial charge >= 0.3 is 24.1 Å². The summed E-state index contributed by atoms with van der Waals surface area (Å²) in [4.78, 5) is 45.9. The minimum absolute atomic E-state index is 0.0940. The molecule has 0 N–H and O–H groups in total. The number of nitrogens with zero attached hydrogens (tertiary/aromatic N) is 2. The Hall–Kier alpha value is -4.12. The molecule has 0 aliphatic carbocycles. The average Bonchev–Trinajstić information content (AvgIpc) is 3.75. The van der Waals surface area contributed by atoms with E-state index >= 15 is 0 Å². The van der Waals surface area contributed by atoms with E-state index in [1.807, 2.05) is 32.0 Å². The van der Waals surface area contributed by atoms with Crippen LogP contribution in [0, 0.1) is 13.8 Å². The normalized spacial score (nSPS) is 9.55. The van der Waals surface area contributed by atoms with Gasteiger partial charge in [-0.25, -0.2) is 14.4 Å². The van der Waals surface area contributed by atoms with Crippen LogP contribution >= 0.6 is 15.9 Å². The highest BCUT2D eigenvalue weighted by Gasteiger charge is 2.06. The Kier molecular flexibility index (Phi) is 55.3. The molecule has 0 saturated heterocycles. The minimum atomic E-state index is -0.594. The summed E-state index contributed by atoms with van der Waals surface area (Å²) in [6.45, 7) is 20.6. The summed E-state index contributed by atoms with van der Waals surface area (Å²) in [7, 11) is 7.83. The first-order chi connectivity index (χ1) is 30.8. The SMILES string of the molecule is C=CC(=O)OCCCCCCOC.C=CC(=O)OCCCCOC.CCCCCC(=O)OC.CCCCCCOC.CCCCOC(=O)OC.Cc1nc(-c2ccc(C)c(Br)c2)no1. The van der Waals surface area contributed by atoms with E-state index in [2.05, 4.69) is 67.3 Å². The van der Waals surface area contributed by atoms with E-state index < -0.39 is 6.16 Å². The third kappa shape index (κ3) is 50.5. The zero-order valence-corrected chi connectivity index (χ0v) is 42.5. The van der Waals surface area contributed by atoms with Gasteiger partial charge in [0, 0.05) is 76.7 Å². The van der Waals surface area contributed by atoms with Crippen molar-refractivity contribution in [3.05, 3.63) is 59.4 Å². The smallest absolute Gasteiger partial charge is 0.469 e. The van der Waals surface area contributed by atoms with Crippen LogP contribution in [0.25, 0.3) is 11.4 Å². The predicted molar refractivity (Wildman–Crippen MR) is 256 cm³/mol. The predicted octanol–water partition coefficient (Wildman–Crippen LogP) is 11.7. The molecule has 2 aromatic rings. The highest BCUT2D eigenvalue weighted by molar-refractivity contribution is 9.10. The summed E-state index contributed by atoms with van der Waals surface area (Å²) in [5, 5.41) is 3.85. The Morgan fingerprint density at radius 2 is 1.06 bits per heavy atom. The number of aryl methyl sites for hydroxylation is 2. The lowest BCUT2D eigenvalue weighted by molar-refractivity contribution is -0.141. The standard InChI is InChI=1S/C10H9BrN2O.C10H18O3.C8H14O3.C7H14O2.C7H16O.C6H12O3/c1-6-3-4-8(5-9(6)11)10-12-7(2)14-13-10;1-3-10(11)13-9-7-5-4-6-8-12-2;1-3-8(9)11-7-5-4-6-10-2;1-3-4-5-6-7(8)9-2;1-3-4-5-6-7-8-2;1-3-4-5-9-6(7)8-2/h3-5H,1-2H3;3H,1,4-9H2,2H3;3H,1,4-7H2,2H3;3-6H2,1-2H3;3-7H2,1-2H3;3-5H2,1-2H3. The zero-order valence-electron chi connectivity index (χ0n) is 40.9. The lowest BCUT2D eigenvalue weighted by Gasteiger charge is -2.01. The summed E-state index contributed by atoms with van der Waals surface area (Å²) < 4.78 is 43.4. The molecule has 0 radical (unpaired) electrons. The highest BCUT2D eigenvalue weighted by atomic mass is 79.9. The summed E-state index contributed by atoms with van der Waals surface area (Å²) in [5.74, 6) is 0.419. The van der Waals surface area contributed by atoms with Crippen molar-refractivity contribution in [1.82, 2.24) is 10.1 Å². The molecule has 64 heavy (non-hydrogen) atoms. The molecule has 1 aromatic heterocycles. The summed E-state index contributed by atoms with van der Waals surface area (Å²) in [5.41, 5.74) is 2.15. The maximum atomic E-state index is 10.6. The Morgan fingerprint density at radius 3 is 1.48 bits per heavy atom. The van der Waals surface area contributed by atoms with Crippen LogP contribution < -0.4 is 0 Å². The number of benzene rings is 1. The number of hydrogen-bond donors (Lipinski definition) is 0. The summed E-state index contributed by atoms with van der Waals surface area (Å²) >= 11 is 3.46. The molecular formula is C48H83BrN2O13. The van der Waals surface area contributed by atoms with Crippen LogP contribution in [-0.4, -0.2) is 109 Å². The zero-order chi connectivity index (χ0) is 49.1. The number of unbranched alkanes of at least 4 members (excludes halogenated alkanes) is 10. The van der Waals surface area contributed by atoms with Gasteiger partial charge in [-0.3, -0.25) is 4.79 Å². The second kappa shape index (κ2) is 53.2. The van der Waals surface area contributed by atoms with Crippen LogP contribution in [0.1, 0.15) is 135 Å². The van der Waals surface area contributed by atoms with Gasteiger partial charge in [-0.1, -0.05) is 112 Å². The second-order valence-electron chi connectivity index (χ2n) is 13.7. The van der Waals surface area contributed by atoms with E-state index in [0.717, 1.165) is 100.0 Å². The van der Waals surface area contributed by atoms with Gasteiger partial charge in [0.05, 0.1) is 34.0 Å². The lowest BCUT2D eigenvalue weighted by Crippen LogP contribution is -2.04. The van der Waals surface area contributed by atoms with Gasteiger partial charge in [-0.05, 0) is 69.9 Å². The molecule has 0 saturated carbocycles. The van der Waals surface area contributed by atoms with Gasteiger partial charge in [-0.2, -0.15) is 4.98 Å². The maximum Gasteiger partial charge on any atom is 0.507 e. The number of ether oxygens (including phenoxy) is 8. The van der Waals surface area contributed by atoms with Crippen molar-refractivity contribution >= 4 is 40.0 Å². The Labute approximate surface area is 393 Å². The van der Waals surface area contributed by atoms with Gasteiger partial charge in [0.2, 0.25) is 11.7 Å². The van der Waals surface area contributed by atoms with E-state index in [-0.39, 0.29) is 17.9 Å². The number of methoxy groups -OCH3 is 5. The second-order valence-corrected chi connectivity index (χ2v) is 14.5. The number of hydrogen-bond acceptors (Lipinski definition) is 15. The van der Waals surface area contributed by atoms with Gasteiger partial charge in [0.15, 0.2) is 0 Å². The summed E-state index contributed by atoms with van der Waals surface area (Å²) in [6.07, 6.45) is 18.6. The molecular weight excluding hydrogens is 892 g/mol. The molecule has 1 heterocycles. The quantitative estimate of drug-likeness (QED) is 0.0357. The third-order valence-electron chi connectivity index (χ3n) is 8.06. The van der Waals surface area contributed by atoms with E-state index in [4.69, 9.17) is 28.2 Å². The van der Waals surface area contributed by atoms with Crippen molar-refractivity contribution in [2.24, 2.45) is 0 Å². The number of carbonyl (C=O) groups excluding carboxylic acids is 4. The van der Waals surface area contributed by atoms with Crippen molar-refractivity contribution in [1.29, 1.82) is 0 Å². The molecule has 0 atom stereocenters. The van der Waals surface area contributed by atoms with Gasteiger partial charge in [0.1, 0.15) is 0 Å². The van der Waals surface area contributed by atoms with Crippen molar-refractivity contribution in [3.8, 4) is 11.4 Å². The fourth-order valence-corrected chi connectivity index (χ4v) is 4.69. The van der Waals surface area contributed by atoms with Crippen LogP contribution in [0.5, 0.6) is 0 Å². The van der Waals surface area contributed by atoms with E-state index in [0.29, 0.717) is 44.6 Å². The van der Waals surface area contributed by atoms with Gasteiger partial charge in [-0.15, -0.1) is 0 Å². The van der Waals surface area contributed by atoms with Crippen molar-refractivity contribution in [3.63, 3.8) is 0 Å². The largest absolute Gasteiger partial charge is 0.507 e. The first-order valence-corrected chi connectivity index (χ1v) is 23.0. The molecule has 0 unspecified atom stereocenters. The topological polar surface area (TPSA) is 181 Å². The van der Waals surface area contributed by atoms with Crippen LogP contribution in [0.2, 0.25) is 0 Å². The van der Waals surface area contributed by atoms with Crippen LogP contribution in [-0.2, 0) is 52.3 Å². The Morgan fingerprint density at radius 1 is 0.609 bits per heavy atom. The Balaban J connectivity index is -0.000000342. The van der Waals surface area contributed by atoms with E-state index in [9.17, 15) is 19.2 Å². The fourth-order valence-electron chi connectivity index (χ4n) is 4.32. The van der Waals surface area contributed by atoms with Crippen molar-refractivity contribution in [2.45, 2.75) is 137 Å². The molecule has 2 rings (SSSR count). The van der Waals surface area contributed by atoms with E-state index in [1.54, 1.807) is 28.3 Å². The lowest BCUT2D eigenvalue weighted by atomic mass is 10.1. The first kappa shape index (κ1) is 66.5. The van der Waals surface area contributed by atoms with Gasteiger partial charge in [0.25, 0.3) is 0 Å². The van der Waals surface area contributed by atoms with E-state index in [1.165, 1.54) is 51.5 Å². The number of carbonyl (C=O) groups is 4. The molecule has 0 bridgehead atoms. The number of aromatic nitrogens is 2. The molecule has 0 aliphatic heterocycles. The Bertz CT molecular complexity index is 1380. The molecule has 0 spiro atoms. The highest BCUT2D eigenvalue weighted by Crippen LogP contribution is 2.23. The molecule has 0 fully saturated rings. The molecule has 370 valence electrons. The molecule has 15 nitrogen and oxygen atoms in total. The van der Waals surface area contributed by atoms with Crippen LogP contribution in [0.15, 0.2) is 52.5 Å². The maximum absolute atomic E-state index is 10.6. The van der Waals surface area contributed by atoms with Crippen LogP contribution in [0.3, 0.4) is 0 Å². The molecule has 0 aliphatic rings. The van der Waals surface area contributed by atoms with Crippen LogP contribution in [0.4, 0.5) is 4.79 Å². The fraction of sp³-hybridized carbons (Fsp3) is 0.667. The van der Waals surface area contributed by atoms with Crippen molar-refractivity contribution < 1.29 is 61.6 Å².